The first kappa shape index (κ1) is 7.34. The molecule has 0 unspecified atom stereocenters. The smallest absolute Gasteiger partial charge is 0.177 e. The predicted octanol–water partition coefficient (Wildman–Crippen LogP) is 1.33. The Morgan fingerprint density at radius 3 is 2.80 bits per heavy atom. The van der Waals surface area contributed by atoms with Crippen LogP contribution in [0, 0.1) is 0 Å². The summed E-state index contributed by atoms with van der Waals surface area (Å²) in [6.45, 7) is 1.51. The van der Waals surface area contributed by atoms with Crippen molar-refractivity contribution in [3.63, 3.8) is 0 Å². The normalized spacial score (nSPS) is 9.80. The van der Waals surface area contributed by atoms with Gasteiger partial charge in [-0.05, 0) is 6.26 Å². The third-order valence-electron chi connectivity index (χ3n) is 1.13. The van der Waals surface area contributed by atoms with Crippen LogP contribution < -0.4 is 0 Å². The Kier molecular flexibility index (Phi) is 2.11. The maximum absolute atomic E-state index is 10.7. The molecule has 1 heterocycles. The summed E-state index contributed by atoms with van der Waals surface area (Å²) in [6, 6.07) is 0. The Hall–Kier alpha value is -0.770. The number of aromatic nitrogens is 2. The summed E-state index contributed by atoms with van der Waals surface area (Å²) >= 11 is 1.49. The van der Waals surface area contributed by atoms with Gasteiger partial charge in [-0.15, -0.1) is 0 Å². The van der Waals surface area contributed by atoms with E-state index >= 15 is 0 Å². The zero-order valence-corrected chi connectivity index (χ0v) is 6.66. The molecule has 10 heavy (non-hydrogen) atoms. The number of rotatable bonds is 2. The van der Waals surface area contributed by atoms with Crippen molar-refractivity contribution in [1.82, 2.24) is 9.97 Å². The van der Waals surface area contributed by atoms with E-state index in [4.69, 9.17) is 0 Å². The first-order valence-electron chi connectivity index (χ1n) is 2.84. The number of Topliss-reactive ketones (excluding diaryl/α,β-unsaturated/α-hetero) is 1. The van der Waals surface area contributed by atoms with Gasteiger partial charge in [0, 0.05) is 6.92 Å². The molecule has 1 aromatic heterocycles. The second kappa shape index (κ2) is 2.88. The molecule has 0 aromatic carbocycles. The van der Waals surface area contributed by atoms with Gasteiger partial charge in [0.2, 0.25) is 0 Å². The van der Waals surface area contributed by atoms with Crippen molar-refractivity contribution < 1.29 is 4.79 Å². The molecule has 0 bridgehead atoms. The average Bonchev–Trinajstić information content (AvgIpc) is 2.34. The lowest BCUT2D eigenvalue weighted by Gasteiger charge is -1.85. The Morgan fingerprint density at radius 1 is 1.80 bits per heavy atom. The van der Waals surface area contributed by atoms with Crippen molar-refractivity contribution in [3.05, 3.63) is 11.9 Å². The summed E-state index contributed by atoms with van der Waals surface area (Å²) in [5.74, 6) is 0.0211. The van der Waals surface area contributed by atoms with E-state index in [2.05, 4.69) is 9.97 Å². The molecular formula is C6H8N2OS. The van der Waals surface area contributed by atoms with Gasteiger partial charge >= 0.3 is 0 Å². The number of nitrogens with one attached hydrogen (secondary N) is 1. The summed E-state index contributed by atoms with van der Waals surface area (Å²) < 4.78 is 0. The molecule has 0 aliphatic carbocycles. The van der Waals surface area contributed by atoms with Gasteiger partial charge in [0.25, 0.3) is 0 Å². The van der Waals surface area contributed by atoms with Gasteiger partial charge < -0.3 is 4.98 Å². The van der Waals surface area contributed by atoms with E-state index in [1.165, 1.54) is 18.7 Å². The Morgan fingerprint density at radius 2 is 2.50 bits per heavy atom. The largest absolute Gasteiger partial charge is 0.331 e. The second-order valence-corrected chi connectivity index (χ2v) is 2.66. The van der Waals surface area contributed by atoms with Crippen molar-refractivity contribution in [1.29, 1.82) is 0 Å². The van der Waals surface area contributed by atoms with E-state index in [1.807, 2.05) is 6.26 Å². The number of carbonyl (C=O) groups is 1. The van der Waals surface area contributed by atoms with Gasteiger partial charge in [-0.2, -0.15) is 0 Å². The van der Waals surface area contributed by atoms with E-state index in [-0.39, 0.29) is 5.78 Å². The SMILES string of the molecule is CSc1ncc(C(C)=O)[nH]1. The molecule has 0 spiro atoms. The van der Waals surface area contributed by atoms with E-state index in [0.29, 0.717) is 5.69 Å². The Balaban J connectivity index is 2.88. The predicted molar refractivity (Wildman–Crippen MR) is 40.4 cm³/mol. The van der Waals surface area contributed by atoms with Crippen LogP contribution in [0.5, 0.6) is 0 Å². The van der Waals surface area contributed by atoms with E-state index < -0.39 is 0 Å². The molecule has 3 nitrogen and oxygen atoms in total. The minimum Gasteiger partial charge on any atom is -0.331 e. The summed E-state index contributed by atoms with van der Waals surface area (Å²) in [5, 5.41) is 0.783. The fourth-order valence-corrected chi connectivity index (χ4v) is 0.956. The molecule has 54 valence electrons. The number of H-pyrrole nitrogens is 1. The zero-order valence-electron chi connectivity index (χ0n) is 5.84. The van der Waals surface area contributed by atoms with Gasteiger partial charge in [-0.3, -0.25) is 4.79 Å². The number of thioether (sulfide) groups is 1. The fourth-order valence-electron chi connectivity index (χ4n) is 0.586. The van der Waals surface area contributed by atoms with Gasteiger partial charge in [0.1, 0.15) is 5.69 Å². The monoisotopic (exact) mass is 156 g/mol. The molecule has 0 aliphatic heterocycles. The van der Waals surface area contributed by atoms with Crippen molar-refractivity contribution in [2.75, 3.05) is 6.26 Å². The summed E-state index contributed by atoms with van der Waals surface area (Å²) in [6.07, 6.45) is 3.46. The van der Waals surface area contributed by atoms with Crippen molar-refractivity contribution in [3.8, 4) is 0 Å². The molecule has 0 saturated carbocycles. The molecule has 0 radical (unpaired) electrons. The highest BCUT2D eigenvalue weighted by molar-refractivity contribution is 7.98. The second-order valence-electron chi connectivity index (χ2n) is 1.86. The van der Waals surface area contributed by atoms with Gasteiger partial charge in [0.15, 0.2) is 10.9 Å². The molecule has 1 aromatic rings. The Labute approximate surface area is 63.2 Å². The molecular weight excluding hydrogens is 148 g/mol. The lowest BCUT2D eigenvalue weighted by molar-refractivity contribution is 0.101. The zero-order chi connectivity index (χ0) is 7.56. The topological polar surface area (TPSA) is 45.8 Å². The third kappa shape index (κ3) is 1.39. The molecule has 0 fully saturated rings. The fraction of sp³-hybridized carbons (Fsp3) is 0.333. The minimum absolute atomic E-state index is 0.0211. The molecule has 0 amide bonds. The van der Waals surface area contributed by atoms with Crippen LogP contribution in [0.4, 0.5) is 0 Å². The highest BCUT2D eigenvalue weighted by atomic mass is 32.2. The number of hydrogen-bond acceptors (Lipinski definition) is 3. The highest BCUT2D eigenvalue weighted by Gasteiger charge is 2.01. The average molecular weight is 156 g/mol. The van der Waals surface area contributed by atoms with Crippen LogP contribution in [0.2, 0.25) is 0 Å². The number of hydrogen-bond donors (Lipinski definition) is 1. The number of carbonyl (C=O) groups excluding carboxylic acids is 1. The van der Waals surface area contributed by atoms with Gasteiger partial charge in [0.05, 0.1) is 6.20 Å². The minimum atomic E-state index is 0.0211. The number of nitrogens with zero attached hydrogens (tertiary/aromatic N) is 1. The maximum Gasteiger partial charge on any atom is 0.177 e. The van der Waals surface area contributed by atoms with Crippen LogP contribution in [-0.2, 0) is 0 Å². The lowest BCUT2D eigenvalue weighted by atomic mass is 10.3. The third-order valence-corrected chi connectivity index (χ3v) is 1.72. The lowest BCUT2D eigenvalue weighted by Crippen LogP contribution is -1.90. The molecule has 0 aliphatic rings. The molecule has 0 saturated heterocycles. The van der Waals surface area contributed by atoms with Gasteiger partial charge in [-0.25, -0.2) is 4.98 Å². The highest BCUT2D eigenvalue weighted by Crippen LogP contribution is 2.08. The van der Waals surface area contributed by atoms with E-state index in [1.54, 1.807) is 6.20 Å². The van der Waals surface area contributed by atoms with E-state index in [0.717, 1.165) is 5.16 Å². The Bertz CT molecular complexity index is 244. The van der Waals surface area contributed by atoms with Crippen LogP contribution in [0.15, 0.2) is 11.4 Å². The van der Waals surface area contributed by atoms with Gasteiger partial charge in [-0.1, -0.05) is 11.8 Å². The van der Waals surface area contributed by atoms with Crippen molar-refractivity contribution in [2.45, 2.75) is 12.1 Å². The number of imidazole rings is 1. The molecule has 0 atom stereocenters. The van der Waals surface area contributed by atoms with Crippen LogP contribution in [0.3, 0.4) is 0 Å². The van der Waals surface area contributed by atoms with Crippen LogP contribution in [0.1, 0.15) is 17.4 Å². The van der Waals surface area contributed by atoms with Crippen LogP contribution in [-0.4, -0.2) is 22.0 Å². The van der Waals surface area contributed by atoms with Crippen molar-refractivity contribution >= 4 is 17.5 Å². The van der Waals surface area contributed by atoms with E-state index in [9.17, 15) is 4.79 Å². The first-order chi connectivity index (χ1) is 4.74. The number of aromatic amines is 1. The summed E-state index contributed by atoms with van der Waals surface area (Å²) in [7, 11) is 0. The van der Waals surface area contributed by atoms with Crippen LogP contribution >= 0.6 is 11.8 Å². The molecule has 1 N–H and O–H groups in total. The molecule has 4 heteroatoms. The summed E-state index contributed by atoms with van der Waals surface area (Å²) in [5.41, 5.74) is 0.573. The van der Waals surface area contributed by atoms with Crippen LogP contribution in [0.25, 0.3) is 0 Å². The van der Waals surface area contributed by atoms with Crippen molar-refractivity contribution in [2.24, 2.45) is 0 Å². The quantitative estimate of drug-likeness (QED) is 0.519. The summed E-state index contributed by atoms with van der Waals surface area (Å²) in [4.78, 5) is 17.5. The first-order valence-corrected chi connectivity index (χ1v) is 4.06. The maximum atomic E-state index is 10.7. The number of ketones is 1. The molecule has 1 rings (SSSR count). The standard InChI is InChI=1S/C6H8N2OS/c1-4(9)5-3-7-6(8-5)10-2/h3H,1-2H3,(H,7,8).